The summed E-state index contributed by atoms with van der Waals surface area (Å²) in [5.74, 6) is 0. The molecule has 2 heterocycles. The third-order valence-electron chi connectivity index (χ3n) is 2.49. The van der Waals surface area contributed by atoms with E-state index in [0.717, 1.165) is 14.2 Å². The van der Waals surface area contributed by atoms with E-state index in [1.165, 1.54) is 21.8 Å². The first-order chi connectivity index (χ1) is 7.63. The van der Waals surface area contributed by atoms with Crippen LogP contribution in [0, 0.1) is 6.92 Å². The Labute approximate surface area is 113 Å². The van der Waals surface area contributed by atoms with Gasteiger partial charge in [0.25, 0.3) is 0 Å². The van der Waals surface area contributed by atoms with Gasteiger partial charge in [-0.1, -0.05) is 23.2 Å². The van der Waals surface area contributed by atoms with E-state index >= 15 is 0 Å². The molecule has 0 aromatic carbocycles. The zero-order chi connectivity index (χ0) is 11.7. The van der Waals surface area contributed by atoms with Crippen LogP contribution in [0.4, 0.5) is 0 Å². The van der Waals surface area contributed by atoms with E-state index in [1.807, 2.05) is 13.1 Å². The summed E-state index contributed by atoms with van der Waals surface area (Å²) < 4.78 is 1.49. The molecule has 0 saturated carbocycles. The van der Waals surface area contributed by atoms with Crippen LogP contribution in [0.2, 0.25) is 8.67 Å². The Hall–Kier alpha value is -0.0600. The lowest BCUT2D eigenvalue weighted by Gasteiger charge is -2.15. The number of hydrogen-bond acceptors (Lipinski definition) is 3. The number of aryl methyl sites for hydroxylation is 1. The fourth-order valence-corrected chi connectivity index (χ4v) is 4.00. The minimum Gasteiger partial charge on any atom is -0.309 e. The lowest BCUT2D eigenvalue weighted by atomic mass is 10.0. The largest absolute Gasteiger partial charge is 0.309 e. The first-order valence-electron chi connectivity index (χ1n) is 4.79. The van der Waals surface area contributed by atoms with Gasteiger partial charge in [-0.05, 0) is 37.0 Å². The van der Waals surface area contributed by atoms with Crippen molar-refractivity contribution in [1.29, 1.82) is 0 Å². The van der Waals surface area contributed by atoms with E-state index in [9.17, 15) is 0 Å². The van der Waals surface area contributed by atoms with Crippen molar-refractivity contribution in [2.24, 2.45) is 0 Å². The Morgan fingerprint density at radius 2 is 2.06 bits per heavy atom. The van der Waals surface area contributed by atoms with Gasteiger partial charge in [-0.3, -0.25) is 0 Å². The normalized spacial score (nSPS) is 13.0. The maximum atomic E-state index is 6.19. The SMILES string of the molecule is CNC(c1ccsc1C)c1cc(Cl)sc1Cl. The average molecular weight is 292 g/mol. The summed E-state index contributed by atoms with van der Waals surface area (Å²) in [6.07, 6.45) is 0. The molecule has 16 heavy (non-hydrogen) atoms. The topological polar surface area (TPSA) is 12.0 Å². The molecule has 0 aliphatic carbocycles. The molecule has 1 atom stereocenters. The number of rotatable bonds is 3. The van der Waals surface area contributed by atoms with Crippen LogP contribution in [0.15, 0.2) is 17.5 Å². The van der Waals surface area contributed by atoms with Gasteiger partial charge in [0.1, 0.15) is 0 Å². The summed E-state index contributed by atoms with van der Waals surface area (Å²) in [4.78, 5) is 1.30. The Kier molecular flexibility index (Phi) is 3.93. The first kappa shape index (κ1) is 12.4. The maximum absolute atomic E-state index is 6.19. The molecule has 2 rings (SSSR count). The summed E-state index contributed by atoms with van der Waals surface area (Å²) in [5.41, 5.74) is 2.32. The first-order valence-corrected chi connectivity index (χ1v) is 7.24. The van der Waals surface area contributed by atoms with Crippen LogP contribution in [0.5, 0.6) is 0 Å². The van der Waals surface area contributed by atoms with Crippen LogP contribution in [0.1, 0.15) is 22.0 Å². The Morgan fingerprint density at radius 1 is 1.31 bits per heavy atom. The molecule has 5 heteroatoms. The summed E-state index contributed by atoms with van der Waals surface area (Å²) in [5, 5.41) is 5.38. The van der Waals surface area contributed by atoms with Gasteiger partial charge in [-0.25, -0.2) is 0 Å². The number of hydrogen-bond donors (Lipinski definition) is 1. The maximum Gasteiger partial charge on any atom is 0.0995 e. The second-order valence-corrected chi connectivity index (χ2v) is 6.84. The highest BCUT2D eigenvalue weighted by Crippen LogP contribution is 2.38. The van der Waals surface area contributed by atoms with Crippen LogP contribution in [-0.2, 0) is 0 Å². The highest BCUT2D eigenvalue weighted by Gasteiger charge is 2.19. The zero-order valence-corrected chi connectivity index (χ0v) is 12.0. The average Bonchev–Trinajstić information content (AvgIpc) is 2.77. The lowest BCUT2D eigenvalue weighted by molar-refractivity contribution is 0.693. The van der Waals surface area contributed by atoms with Gasteiger partial charge in [-0.15, -0.1) is 22.7 Å². The number of thiophene rings is 2. The molecule has 0 radical (unpaired) electrons. The van der Waals surface area contributed by atoms with E-state index in [4.69, 9.17) is 23.2 Å². The molecule has 2 aromatic heterocycles. The fraction of sp³-hybridized carbons (Fsp3) is 0.273. The minimum atomic E-state index is 0.127. The Morgan fingerprint density at radius 3 is 2.50 bits per heavy atom. The second kappa shape index (κ2) is 5.07. The van der Waals surface area contributed by atoms with Gasteiger partial charge in [0, 0.05) is 10.4 Å². The second-order valence-electron chi connectivity index (χ2n) is 3.43. The molecule has 86 valence electrons. The molecule has 0 amide bonds. The molecule has 1 nitrogen and oxygen atoms in total. The van der Waals surface area contributed by atoms with Crippen LogP contribution >= 0.6 is 45.9 Å². The van der Waals surface area contributed by atoms with Gasteiger partial charge in [-0.2, -0.15) is 0 Å². The van der Waals surface area contributed by atoms with Gasteiger partial charge in [0.05, 0.1) is 14.7 Å². The molecule has 0 fully saturated rings. The summed E-state index contributed by atoms with van der Waals surface area (Å²) in [7, 11) is 1.93. The van der Waals surface area contributed by atoms with Crippen molar-refractivity contribution in [3.05, 3.63) is 42.2 Å². The van der Waals surface area contributed by atoms with Crippen molar-refractivity contribution in [3.63, 3.8) is 0 Å². The van der Waals surface area contributed by atoms with Crippen molar-refractivity contribution >= 4 is 45.9 Å². The Balaban J connectivity index is 2.44. The molecular weight excluding hydrogens is 281 g/mol. The molecule has 1 N–H and O–H groups in total. The molecule has 0 saturated heterocycles. The van der Waals surface area contributed by atoms with Crippen LogP contribution in [0.25, 0.3) is 0 Å². The van der Waals surface area contributed by atoms with Crippen molar-refractivity contribution in [2.75, 3.05) is 7.05 Å². The van der Waals surface area contributed by atoms with Crippen molar-refractivity contribution in [3.8, 4) is 0 Å². The third-order valence-corrected chi connectivity index (χ3v) is 4.87. The Bertz CT molecular complexity index is 490. The molecule has 1 unspecified atom stereocenters. The van der Waals surface area contributed by atoms with E-state index in [1.54, 1.807) is 11.3 Å². The van der Waals surface area contributed by atoms with Gasteiger partial charge in [0.2, 0.25) is 0 Å². The molecular formula is C11H11Cl2NS2. The quantitative estimate of drug-likeness (QED) is 0.862. The zero-order valence-electron chi connectivity index (χ0n) is 8.88. The van der Waals surface area contributed by atoms with Gasteiger partial charge >= 0.3 is 0 Å². The van der Waals surface area contributed by atoms with E-state index in [0.29, 0.717) is 0 Å². The lowest BCUT2D eigenvalue weighted by Crippen LogP contribution is -2.17. The summed E-state index contributed by atoms with van der Waals surface area (Å²) >= 11 is 15.3. The van der Waals surface area contributed by atoms with Crippen LogP contribution < -0.4 is 5.32 Å². The molecule has 2 aromatic rings. The molecule has 0 spiro atoms. The molecule has 0 aliphatic heterocycles. The summed E-state index contributed by atoms with van der Waals surface area (Å²) in [6, 6.07) is 4.19. The van der Waals surface area contributed by atoms with E-state index in [-0.39, 0.29) is 6.04 Å². The number of halogens is 2. The summed E-state index contributed by atoms with van der Waals surface area (Å²) in [6.45, 7) is 2.12. The van der Waals surface area contributed by atoms with Crippen molar-refractivity contribution < 1.29 is 0 Å². The third kappa shape index (κ3) is 2.29. The smallest absolute Gasteiger partial charge is 0.0995 e. The monoisotopic (exact) mass is 291 g/mol. The fourth-order valence-electron chi connectivity index (χ4n) is 1.72. The highest BCUT2D eigenvalue weighted by molar-refractivity contribution is 7.20. The van der Waals surface area contributed by atoms with Crippen LogP contribution in [0.3, 0.4) is 0 Å². The van der Waals surface area contributed by atoms with Crippen LogP contribution in [-0.4, -0.2) is 7.05 Å². The van der Waals surface area contributed by atoms with E-state index in [2.05, 4.69) is 23.7 Å². The predicted molar refractivity (Wildman–Crippen MR) is 74.3 cm³/mol. The predicted octanol–water partition coefficient (Wildman–Crippen LogP) is 4.73. The van der Waals surface area contributed by atoms with E-state index < -0.39 is 0 Å². The van der Waals surface area contributed by atoms with Gasteiger partial charge < -0.3 is 5.32 Å². The highest BCUT2D eigenvalue weighted by atomic mass is 35.5. The van der Waals surface area contributed by atoms with Gasteiger partial charge in [0.15, 0.2) is 0 Å². The van der Waals surface area contributed by atoms with Crippen molar-refractivity contribution in [1.82, 2.24) is 5.32 Å². The standard InChI is InChI=1S/C11H11Cl2NS2/c1-6-7(3-4-15-6)10(14-2)8-5-9(12)16-11(8)13/h3-5,10,14H,1-2H3. The molecule has 0 aliphatic rings. The van der Waals surface area contributed by atoms with Crippen molar-refractivity contribution in [2.45, 2.75) is 13.0 Å². The minimum absolute atomic E-state index is 0.127. The number of nitrogens with one attached hydrogen (secondary N) is 1. The molecule has 0 bridgehead atoms.